The van der Waals surface area contributed by atoms with Crippen molar-refractivity contribution in [2.75, 3.05) is 5.32 Å². The van der Waals surface area contributed by atoms with E-state index in [1.54, 1.807) is 35.8 Å². The average Bonchev–Trinajstić information content (AvgIpc) is 2.93. The summed E-state index contributed by atoms with van der Waals surface area (Å²) < 4.78 is 1.54. The van der Waals surface area contributed by atoms with Gasteiger partial charge in [-0.3, -0.25) is 9.36 Å². The quantitative estimate of drug-likeness (QED) is 0.750. The molecule has 7 nitrogen and oxygen atoms in total. The Hall–Kier alpha value is -2.53. The van der Waals surface area contributed by atoms with Crippen LogP contribution in [-0.4, -0.2) is 25.9 Å². The zero-order chi connectivity index (χ0) is 17.5. The molecule has 126 valence electrons. The van der Waals surface area contributed by atoms with E-state index >= 15 is 0 Å². The summed E-state index contributed by atoms with van der Waals surface area (Å²) in [6.45, 7) is 4.35. The predicted octanol–water partition coefficient (Wildman–Crippen LogP) is 2.36. The van der Waals surface area contributed by atoms with Crippen molar-refractivity contribution in [1.29, 1.82) is 5.26 Å². The van der Waals surface area contributed by atoms with Crippen molar-refractivity contribution < 1.29 is 4.79 Å². The van der Waals surface area contributed by atoms with Crippen LogP contribution in [0.15, 0.2) is 34.2 Å². The van der Waals surface area contributed by atoms with Crippen LogP contribution in [0, 0.1) is 11.3 Å². The Morgan fingerprint density at radius 3 is 2.96 bits per heavy atom. The third kappa shape index (κ3) is 4.26. The summed E-state index contributed by atoms with van der Waals surface area (Å²) in [5.41, 5.74) is 0.610. The minimum Gasteiger partial charge on any atom is -0.324 e. The normalized spacial score (nSPS) is 11.7. The topological polar surface area (TPSA) is 104 Å². The molecule has 1 atom stereocenters. The Labute approximate surface area is 144 Å². The number of aromatic amines is 1. The molecule has 2 rings (SSSR count). The van der Waals surface area contributed by atoms with Gasteiger partial charge in [-0.25, -0.2) is 9.89 Å². The van der Waals surface area contributed by atoms with E-state index < -0.39 is 5.25 Å². The Kier molecular flexibility index (Phi) is 6.21. The number of nitrogens with zero attached hydrogens (tertiary/aromatic N) is 3. The molecule has 24 heavy (non-hydrogen) atoms. The second-order valence-corrected chi connectivity index (χ2v) is 6.53. The first-order valence-corrected chi connectivity index (χ1v) is 8.56. The third-order valence-corrected chi connectivity index (χ3v) is 4.51. The molecule has 0 aliphatic carbocycles. The highest BCUT2D eigenvalue weighted by Gasteiger charge is 2.19. The lowest BCUT2D eigenvalue weighted by atomic mass is 10.2. The molecule has 1 aromatic carbocycles. The number of rotatable bonds is 7. The molecule has 0 aliphatic rings. The van der Waals surface area contributed by atoms with Crippen LogP contribution in [-0.2, 0) is 11.3 Å². The fourth-order valence-electron chi connectivity index (χ4n) is 2.04. The van der Waals surface area contributed by atoms with Crippen molar-refractivity contribution in [2.24, 2.45) is 0 Å². The van der Waals surface area contributed by atoms with E-state index in [-0.39, 0.29) is 11.6 Å². The van der Waals surface area contributed by atoms with Gasteiger partial charge in [0.05, 0.1) is 16.5 Å². The first-order valence-electron chi connectivity index (χ1n) is 7.68. The molecule has 1 aromatic heterocycles. The highest BCUT2D eigenvalue weighted by Crippen LogP contribution is 2.22. The van der Waals surface area contributed by atoms with E-state index in [9.17, 15) is 9.59 Å². The number of hydrogen-bond acceptors (Lipinski definition) is 5. The van der Waals surface area contributed by atoms with Gasteiger partial charge in [-0.05, 0) is 25.5 Å². The fourth-order valence-corrected chi connectivity index (χ4v) is 2.92. The summed E-state index contributed by atoms with van der Waals surface area (Å²) >= 11 is 1.21. The summed E-state index contributed by atoms with van der Waals surface area (Å²) in [7, 11) is 0. The van der Waals surface area contributed by atoms with Gasteiger partial charge in [0.25, 0.3) is 0 Å². The van der Waals surface area contributed by atoms with Crippen molar-refractivity contribution in [2.45, 2.75) is 43.6 Å². The summed E-state index contributed by atoms with van der Waals surface area (Å²) in [6.07, 6.45) is 1.83. The average molecular weight is 345 g/mol. The zero-order valence-electron chi connectivity index (χ0n) is 13.6. The van der Waals surface area contributed by atoms with Crippen molar-refractivity contribution in [3.05, 3.63) is 40.3 Å². The van der Waals surface area contributed by atoms with Gasteiger partial charge in [0.15, 0.2) is 5.16 Å². The molecule has 1 amide bonds. The SMILES string of the molecule is CCCCn1c(SC(C)C(=O)Nc2ccccc2C#N)n[nH]c1=O. The highest BCUT2D eigenvalue weighted by molar-refractivity contribution is 8.00. The lowest BCUT2D eigenvalue weighted by Crippen LogP contribution is -2.24. The van der Waals surface area contributed by atoms with Gasteiger partial charge in [-0.1, -0.05) is 37.2 Å². The number of carbonyl (C=O) groups excluding carboxylic acids is 1. The van der Waals surface area contributed by atoms with E-state index in [1.807, 2.05) is 13.0 Å². The number of nitrogens with one attached hydrogen (secondary N) is 2. The standard InChI is InChI=1S/C16H19N5O2S/c1-3-4-9-21-15(23)19-20-16(21)24-11(2)14(22)18-13-8-6-5-7-12(13)10-17/h5-8,11H,3-4,9H2,1-2H3,(H,18,22)(H,19,23). The minimum absolute atomic E-state index is 0.250. The van der Waals surface area contributed by atoms with Crippen molar-refractivity contribution >= 4 is 23.4 Å². The smallest absolute Gasteiger partial charge is 0.324 e. The number of amides is 1. The number of carbonyl (C=O) groups is 1. The summed E-state index contributed by atoms with van der Waals surface area (Å²) in [5, 5.41) is 18.2. The molecule has 0 saturated heterocycles. The first kappa shape index (κ1) is 17.8. The monoisotopic (exact) mass is 345 g/mol. The van der Waals surface area contributed by atoms with E-state index in [1.165, 1.54) is 11.8 Å². The van der Waals surface area contributed by atoms with Gasteiger partial charge in [-0.15, -0.1) is 5.10 Å². The Morgan fingerprint density at radius 1 is 1.50 bits per heavy atom. The summed E-state index contributed by atoms with van der Waals surface area (Å²) in [4.78, 5) is 24.1. The molecule has 0 fully saturated rings. The number of unbranched alkanes of at least 4 members (excludes halogenated alkanes) is 1. The summed E-state index contributed by atoms with van der Waals surface area (Å²) in [5.74, 6) is -0.250. The molecule has 1 heterocycles. The summed E-state index contributed by atoms with van der Waals surface area (Å²) in [6, 6.07) is 8.86. The van der Waals surface area contributed by atoms with Gasteiger partial charge in [0, 0.05) is 6.54 Å². The van der Waals surface area contributed by atoms with Gasteiger partial charge in [0.2, 0.25) is 5.91 Å². The molecule has 1 unspecified atom stereocenters. The minimum atomic E-state index is -0.465. The maximum Gasteiger partial charge on any atom is 0.343 e. The van der Waals surface area contributed by atoms with Crippen LogP contribution in [0.5, 0.6) is 0 Å². The number of aromatic nitrogens is 3. The maximum atomic E-state index is 12.4. The number of nitriles is 1. The second-order valence-electron chi connectivity index (χ2n) is 5.22. The van der Waals surface area contributed by atoms with E-state index in [0.717, 1.165) is 12.8 Å². The predicted molar refractivity (Wildman–Crippen MR) is 92.9 cm³/mol. The molecular formula is C16H19N5O2S. The largest absolute Gasteiger partial charge is 0.343 e. The molecule has 2 aromatic rings. The lowest BCUT2D eigenvalue weighted by molar-refractivity contribution is -0.115. The number of thioether (sulfide) groups is 1. The van der Waals surface area contributed by atoms with Gasteiger partial charge < -0.3 is 5.32 Å². The van der Waals surface area contributed by atoms with Crippen LogP contribution < -0.4 is 11.0 Å². The Bertz CT molecular complexity index is 805. The maximum absolute atomic E-state index is 12.4. The Balaban J connectivity index is 2.07. The van der Waals surface area contributed by atoms with Crippen LogP contribution in [0.2, 0.25) is 0 Å². The number of anilines is 1. The number of H-pyrrole nitrogens is 1. The number of hydrogen-bond donors (Lipinski definition) is 2. The van der Waals surface area contributed by atoms with E-state index in [0.29, 0.717) is 23.0 Å². The third-order valence-electron chi connectivity index (χ3n) is 3.42. The number of para-hydroxylation sites is 1. The molecule has 2 N–H and O–H groups in total. The van der Waals surface area contributed by atoms with Crippen LogP contribution in [0.25, 0.3) is 0 Å². The zero-order valence-corrected chi connectivity index (χ0v) is 14.4. The molecule has 0 aliphatic heterocycles. The van der Waals surface area contributed by atoms with Crippen LogP contribution in [0.1, 0.15) is 32.3 Å². The molecule has 0 bridgehead atoms. The highest BCUT2D eigenvalue weighted by atomic mass is 32.2. The van der Waals surface area contributed by atoms with Gasteiger partial charge in [0.1, 0.15) is 6.07 Å². The molecular weight excluding hydrogens is 326 g/mol. The fraction of sp³-hybridized carbons (Fsp3) is 0.375. The Morgan fingerprint density at radius 2 is 2.25 bits per heavy atom. The van der Waals surface area contributed by atoms with Gasteiger partial charge in [-0.2, -0.15) is 5.26 Å². The van der Waals surface area contributed by atoms with E-state index in [2.05, 4.69) is 15.5 Å². The second kappa shape index (κ2) is 8.36. The van der Waals surface area contributed by atoms with Crippen molar-refractivity contribution in [3.8, 4) is 6.07 Å². The number of benzene rings is 1. The van der Waals surface area contributed by atoms with Crippen molar-refractivity contribution in [3.63, 3.8) is 0 Å². The molecule has 0 radical (unpaired) electrons. The van der Waals surface area contributed by atoms with Crippen molar-refractivity contribution in [1.82, 2.24) is 14.8 Å². The molecule has 0 saturated carbocycles. The molecule has 8 heteroatoms. The van der Waals surface area contributed by atoms with Crippen LogP contribution >= 0.6 is 11.8 Å². The molecule has 0 spiro atoms. The van der Waals surface area contributed by atoms with E-state index in [4.69, 9.17) is 5.26 Å². The van der Waals surface area contributed by atoms with Crippen LogP contribution in [0.3, 0.4) is 0 Å². The van der Waals surface area contributed by atoms with Gasteiger partial charge >= 0.3 is 5.69 Å². The lowest BCUT2D eigenvalue weighted by Gasteiger charge is -2.12. The van der Waals surface area contributed by atoms with Crippen LogP contribution in [0.4, 0.5) is 5.69 Å². The first-order chi connectivity index (χ1) is 11.6.